The number of halogens is 3. The molecule has 0 aliphatic heterocycles. The molecule has 2 rings (SSSR count). The molecule has 0 atom stereocenters. The van der Waals surface area contributed by atoms with Crippen LogP contribution in [0.3, 0.4) is 0 Å². The molecule has 0 aromatic heterocycles. The Labute approximate surface area is 137 Å². The fourth-order valence-corrected chi connectivity index (χ4v) is 2.06. The van der Waals surface area contributed by atoms with Crippen molar-refractivity contribution in [1.82, 2.24) is 0 Å². The number of anilines is 2. The van der Waals surface area contributed by atoms with Gasteiger partial charge in [0.15, 0.2) is 0 Å². The van der Waals surface area contributed by atoms with Gasteiger partial charge in [-0.05, 0) is 36.2 Å². The molecule has 0 heterocycles. The molecule has 0 spiro atoms. The van der Waals surface area contributed by atoms with Crippen molar-refractivity contribution in [3.05, 3.63) is 54.1 Å². The lowest BCUT2D eigenvalue weighted by Gasteiger charge is -2.11. The minimum Gasteiger partial charge on any atom is -0.406 e. The number of nitrogens with one attached hydrogen (secondary N) is 2. The van der Waals surface area contributed by atoms with Crippen LogP contribution >= 0.6 is 0 Å². The number of carbonyl (C=O) groups is 1. The summed E-state index contributed by atoms with van der Waals surface area (Å²) in [4.78, 5) is 11.9. The van der Waals surface area contributed by atoms with E-state index in [0.29, 0.717) is 11.4 Å². The Morgan fingerprint density at radius 3 is 2.50 bits per heavy atom. The van der Waals surface area contributed by atoms with Gasteiger partial charge in [-0.15, -0.1) is 13.2 Å². The van der Waals surface area contributed by atoms with Gasteiger partial charge in [-0.2, -0.15) is 0 Å². The third kappa shape index (κ3) is 5.83. The molecule has 1 amide bonds. The molecule has 128 valence electrons. The standard InChI is InChI=1S/C17H17F3N2O2/c1-2-12-5-3-7-14(9-12)22-16(23)11-21-13-6-4-8-15(10-13)24-17(18,19)20/h3-10,21H,2,11H2,1H3,(H,22,23). The molecule has 24 heavy (non-hydrogen) atoms. The molecule has 2 aromatic carbocycles. The molecule has 0 saturated carbocycles. The maximum Gasteiger partial charge on any atom is 0.573 e. The summed E-state index contributed by atoms with van der Waals surface area (Å²) < 4.78 is 40.4. The second kappa shape index (κ2) is 7.72. The minimum absolute atomic E-state index is 0.0776. The van der Waals surface area contributed by atoms with E-state index in [2.05, 4.69) is 15.4 Å². The third-order valence-electron chi connectivity index (χ3n) is 3.14. The van der Waals surface area contributed by atoms with E-state index in [-0.39, 0.29) is 18.2 Å². The van der Waals surface area contributed by atoms with Gasteiger partial charge in [0.25, 0.3) is 0 Å². The normalized spacial score (nSPS) is 11.0. The summed E-state index contributed by atoms with van der Waals surface area (Å²) in [6, 6.07) is 12.8. The van der Waals surface area contributed by atoms with Crippen LogP contribution in [0.1, 0.15) is 12.5 Å². The fraction of sp³-hybridized carbons (Fsp3) is 0.235. The van der Waals surface area contributed by atoms with Gasteiger partial charge in [0.1, 0.15) is 5.75 Å². The first-order valence-electron chi connectivity index (χ1n) is 7.34. The van der Waals surface area contributed by atoms with Gasteiger partial charge in [0.2, 0.25) is 5.91 Å². The minimum atomic E-state index is -4.75. The zero-order chi connectivity index (χ0) is 17.6. The monoisotopic (exact) mass is 338 g/mol. The van der Waals surface area contributed by atoms with Crippen molar-refractivity contribution < 1.29 is 22.7 Å². The lowest BCUT2D eigenvalue weighted by atomic mass is 10.1. The lowest BCUT2D eigenvalue weighted by Crippen LogP contribution is -2.22. The topological polar surface area (TPSA) is 50.4 Å². The first-order valence-corrected chi connectivity index (χ1v) is 7.34. The summed E-state index contributed by atoms with van der Waals surface area (Å²) in [6.07, 6.45) is -3.89. The highest BCUT2D eigenvalue weighted by Gasteiger charge is 2.31. The second-order valence-corrected chi connectivity index (χ2v) is 5.03. The summed E-state index contributed by atoms with van der Waals surface area (Å²) in [5.74, 6) is -0.644. The summed E-state index contributed by atoms with van der Waals surface area (Å²) in [6.45, 7) is 1.93. The highest BCUT2D eigenvalue weighted by Crippen LogP contribution is 2.24. The second-order valence-electron chi connectivity index (χ2n) is 5.03. The molecule has 0 aliphatic carbocycles. The molecule has 0 saturated heterocycles. The average Bonchev–Trinajstić information content (AvgIpc) is 2.52. The van der Waals surface area contributed by atoms with E-state index in [1.165, 1.54) is 18.2 Å². The van der Waals surface area contributed by atoms with Crippen LogP contribution in [0.5, 0.6) is 5.75 Å². The van der Waals surface area contributed by atoms with Gasteiger partial charge in [-0.1, -0.05) is 25.1 Å². The zero-order valence-electron chi connectivity index (χ0n) is 13.0. The Bertz CT molecular complexity index is 702. The van der Waals surface area contributed by atoms with E-state index in [1.54, 1.807) is 12.1 Å². The van der Waals surface area contributed by atoms with Crippen LogP contribution in [0.2, 0.25) is 0 Å². The van der Waals surface area contributed by atoms with Gasteiger partial charge in [-0.3, -0.25) is 4.79 Å². The largest absolute Gasteiger partial charge is 0.573 e. The number of carbonyl (C=O) groups excluding carboxylic acids is 1. The van der Waals surface area contributed by atoms with Crippen molar-refractivity contribution >= 4 is 17.3 Å². The summed E-state index contributed by atoms with van der Waals surface area (Å²) in [5.41, 5.74) is 2.13. The zero-order valence-corrected chi connectivity index (χ0v) is 13.0. The molecule has 2 aromatic rings. The first-order chi connectivity index (χ1) is 11.4. The molecule has 4 nitrogen and oxygen atoms in total. The molecule has 0 aliphatic rings. The van der Waals surface area contributed by atoms with Gasteiger partial charge in [0, 0.05) is 17.4 Å². The van der Waals surface area contributed by atoms with Crippen molar-refractivity contribution in [3.63, 3.8) is 0 Å². The van der Waals surface area contributed by atoms with Crippen LogP contribution in [-0.4, -0.2) is 18.8 Å². The van der Waals surface area contributed by atoms with Crippen LogP contribution in [0.15, 0.2) is 48.5 Å². The van der Waals surface area contributed by atoms with E-state index < -0.39 is 6.36 Å². The van der Waals surface area contributed by atoms with E-state index >= 15 is 0 Å². The molecular weight excluding hydrogens is 321 g/mol. The van der Waals surface area contributed by atoms with Crippen molar-refractivity contribution in [2.45, 2.75) is 19.7 Å². The number of alkyl halides is 3. The number of hydrogen-bond donors (Lipinski definition) is 2. The van der Waals surface area contributed by atoms with Crippen LogP contribution in [-0.2, 0) is 11.2 Å². The maximum absolute atomic E-state index is 12.2. The summed E-state index contributed by atoms with van der Waals surface area (Å²) >= 11 is 0. The highest BCUT2D eigenvalue weighted by atomic mass is 19.4. The molecule has 2 N–H and O–H groups in total. The van der Waals surface area contributed by atoms with Gasteiger partial charge < -0.3 is 15.4 Å². The Morgan fingerprint density at radius 1 is 1.08 bits per heavy atom. The summed E-state index contributed by atoms with van der Waals surface area (Å²) in [7, 11) is 0. The van der Waals surface area contributed by atoms with Crippen LogP contribution < -0.4 is 15.4 Å². The van der Waals surface area contributed by atoms with Crippen molar-refractivity contribution in [2.75, 3.05) is 17.2 Å². The average molecular weight is 338 g/mol. The molecule has 0 fully saturated rings. The van der Waals surface area contributed by atoms with E-state index in [1.807, 2.05) is 25.1 Å². The third-order valence-corrected chi connectivity index (χ3v) is 3.14. The summed E-state index contributed by atoms with van der Waals surface area (Å²) in [5, 5.41) is 5.49. The van der Waals surface area contributed by atoms with Crippen LogP contribution in [0.4, 0.5) is 24.5 Å². The van der Waals surface area contributed by atoms with E-state index in [0.717, 1.165) is 12.0 Å². The number of ether oxygens (including phenoxy) is 1. The molecule has 0 radical (unpaired) electrons. The quantitative estimate of drug-likeness (QED) is 0.830. The van der Waals surface area contributed by atoms with Crippen molar-refractivity contribution in [1.29, 1.82) is 0 Å². The Hall–Kier alpha value is -2.70. The molecule has 0 bridgehead atoms. The van der Waals surface area contributed by atoms with E-state index in [9.17, 15) is 18.0 Å². The predicted molar refractivity (Wildman–Crippen MR) is 86.1 cm³/mol. The molecular formula is C17H17F3N2O2. The molecule has 7 heteroatoms. The smallest absolute Gasteiger partial charge is 0.406 e. The Balaban J connectivity index is 1.90. The first kappa shape index (κ1) is 17.7. The molecule has 0 unspecified atom stereocenters. The van der Waals surface area contributed by atoms with Gasteiger partial charge in [0.05, 0.1) is 6.54 Å². The highest BCUT2D eigenvalue weighted by molar-refractivity contribution is 5.93. The van der Waals surface area contributed by atoms with E-state index in [4.69, 9.17) is 0 Å². The fourth-order valence-electron chi connectivity index (χ4n) is 2.06. The number of hydrogen-bond acceptors (Lipinski definition) is 3. The van der Waals surface area contributed by atoms with Gasteiger partial charge >= 0.3 is 6.36 Å². The van der Waals surface area contributed by atoms with Crippen molar-refractivity contribution in [3.8, 4) is 5.75 Å². The van der Waals surface area contributed by atoms with Gasteiger partial charge in [-0.25, -0.2) is 0 Å². The Kier molecular flexibility index (Phi) is 5.68. The predicted octanol–water partition coefficient (Wildman–Crippen LogP) is 4.20. The Morgan fingerprint density at radius 2 is 1.79 bits per heavy atom. The van der Waals surface area contributed by atoms with Crippen LogP contribution in [0.25, 0.3) is 0 Å². The maximum atomic E-state index is 12.2. The van der Waals surface area contributed by atoms with Crippen molar-refractivity contribution in [2.24, 2.45) is 0 Å². The number of amides is 1. The SMILES string of the molecule is CCc1cccc(NC(=O)CNc2cccc(OC(F)(F)F)c2)c1. The lowest BCUT2D eigenvalue weighted by molar-refractivity contribution is -0.274. The van der Waals surface area contributed by atoms with Crippen LogP contribution in [0, 0.1) is 0 Å². The number of benzene rings is 2. The number of aryl methyl sites for hydroxylation is 1. The number of rotatable bonds is 6.